The number of hydrogen-bond acceptors (Lipinski definition) is 6. The normalized spacial score (nSPS) is 13.7. The molecule has 3 rings (SSSR count). The second-order valence-electron chi connectivity index (χ2n) is 6.56. The molecule has 0 aromatic heterocycles. The molecule has 0 radical (unpaired) electrons. The zero-order valence-corrected chi connectivity index (χ0v) is 17.9. The molecule has 0 aliphatic carbocycles. The van der Waals surface area contributed by atoms with Crippen LogP contribution in [0.4, 0.5) is 11.4 Å². The highest BCUT2D eigenvalue weighted by atomic mass is 35.5. The fourth-order valence-corrected chi connectivity index (χ4v) is 3.80. The van der Waals surface area contributed by atoms with Gasteiger partial charge in [0.15, 0.2) is 5.11 Å². The van der Waals surface area contributed by atoms with Crippen molar-refractivity contribution in [2.75, 3.05) is 37.7 Å². The monoisotopic (exact) mass is 448 g/mol. The van der Waals surface area contributed by atoms with E-state index in [1.807, 2.05) is 16.7 Å². The molecular formula is C20H21ClN4O4S. The Balaban J connectivity index is 1.62. The number of nitro benzene ring substituents is 1. The second-order valence-corrected chi connectivity index (χ2v) is 7.35. The Morgan fingerprint density at radius 1 is 1.23 bits per heavy atom. The average Bonchev–Trinajstić information content (AvgIpc) is 2.74. The topological polar surface area (TPSA) is 88.0 Å². The molecule has 0 unspecified atom stereocenters. The van der Waals surface area contributed by atoms with Gasteiger partial charge in [-0.25, -0.2) is 0 Å². The molecule has 158 valence electrons. The van der Waals surface area contributed by atoms with Gasteiger partial charge in [-0.2, -0.15) is 0 Å². The highest BCUT2D eigenvalue weighted by Crippen LogP contribution is 2.35. The van der Waals surface area contributed by atoms with Crippen LogP contribution in [0, 0.1) is 10.1 Å². The second kappa shape index (κ2) is 9.73. The first-order valence-corrected chi connectivity index (χ1v) is 10.2. The predicted molar refractivity (Wildman–Crippen MR) is 120 cm³/mol. The number of ether oxygens (including phenoxy) is 1. The maximum atomic E-state index is 12.5. The minimum absolute atomic E-state index is 0.0268. The van der Waals surface area contributed by atoms with Crippen LogP contribution in [0.5, 0.6) is 5.75 Å². The third-order valence-corrected chi connectivity index (χ3v) is 5.34. The van der Waals surface area contributed by atoms with Gasteiger partial charge < -0.3 is 14.5 Å². The maximum absolute atomic E-state index is 12.5. The van der Waals surface area contributed by atoms with Crippen molar-refractivity contribution in [3.05, 3.63) is 63.2 Å². The number of amides is 1. The van der Waals surface area contributed by atoms with Gasteiger partial charge in [0.2, 0.25) is 0 Å². The van der Waals surface area contributed by atoms with Crippen molar-refractivity contribution in [2.45, 2.75) is 6.92 Å². The van der Waals surface area contributed by atoms with Crippen LogP contribution in [0.15, 0.2) is 42.5 Å². The lowest BCUT2D eigenvalue weighted by molar-refractivity contribution is -0.384. The molecule has 1 saturated heterocycles. The van der Waals surface area contributed by atoms with E-state index >= 15 is 0 Å². The van der Waals surface area contributed by atoms with Crippen molar-refractivity contribution >= 4 is 46.2 Å². The maximum Gasteiger partial charge on any atom is 0.294 e. The van der Waals surface area contributed by atoms with Gasteiger partial charge in [0.1, 0.15) is 11.4 Å². The van der Waals surface area contributed by atoms with Gasteiger partial charge in [0.25, 0.3) is 11.6 Å². The third-order valence-electron chi connectivity index (χ3n) is 4.67. The number of thiocarbonyl (C=S) groups is 1. The molecule has 2 aromatic rings. The summed E-state index contributed by atoms with van der Waals surface area (Å²) in [6, 6.07) is 11.5. The van der Waals surface area contributed by atoms with Crippen LogP contribution >= 0.6 is 23.8 Å². The van der Waals surface area contributed by atoms with Crippen LogP contribution in [0.1, 0.15) is 17.3 Å². The highest BCUT2D eigenvalue weighted by molar-refractivity contribution is 7.80. The number of carbonyl (C=O) groups excluding carboxylic acids is 1. The van der Waals surface area contributed by atoms with Gasteiger partial charge in [-0.3, -0.25) is 20.2 Å². The molecule has 0 bridgehead atoms. The summed E-state index contributed by atoms with van der Waals surface area (Å²) in [4.78, 5) is 27.2. The van der Waals surface area contributed by atoms with Crippen LogP contribution in [-0.4, -0.2) is 53.6 Å². The van der Waals surface area contributed by atoms with Crippen LogP contribution in [0.2, 0.25) is 5.02 Å². The van der Waals surface area contributed by atoms with Gasteiger partial charge >= 0.3 is 0 Å². The number of nitrogens with one attached hydrogen (secondary N) is 1. The van der Waals surface area contributed by atoms with E-state index in [0.717, 1.165) is 0 Å². The number of hydrogen-bond donors (Lipinski definition) is 1. The van der Waals surface area contributed by atoms with Gasteiger partial charge in [-0.05, 0) is 43.4 Å². The third kappa shape index (κ3) is 4.98. The molecule has 1 N–H and O–H groups in total. The number of anilines is 1. The van der Waals surface area contributed by atoms with E-state index in [1.54, 1.807) is 36.4 Å². The van der Waals surface area contributed by atoms with Crippen LogP contribution < -0.4 is 15.0 Å². The number of carbonyl (C=O) groups is 1. The Hall–Kier alpha value is -2.91. The van der Waals surface area contributed by atoms with E-state index < -0.39 is 4.92 Å². The smallest absolute Gasteiger partial charge is 0.294 e. The Labute approximate surface area is 184 Å². The van der Waals surface area contributed by atoms with Crippen molar-refractivity contribution in [1.82, 2.24) is 10.2 Å². The molecule has 0 atom stereocenters. The molecule has 10 heteroatoms. The number of para-hydroxylation sites is 1. The number of nitrogens with zero attached hydrogens (tertiary/aromatic N) is 3. The summed E-state index contributed by atoms with van der Waals surface area (Å²) in [5.74, 6) is 0.303. The minimum Gasteiger partial charge on any atom is -0.494 e. The van der Waals surface area contributed by atoms with E-state index in [1.165, 1.54) is 6.07 Å². The molecular weight excluding hydrogens is 428 g/mol. The van der Waals surface area contributed by atoms with Crippen molar-refractivity contribution in [2.24, 2.45) is 0 Å². The quantitative estimate of drug-likeness (QED) is 0.425. The van der Waals surface area contributed by atoms with Crippen LogP contribution in [-0.2, 0) is 0 Å². The first-order valence-electron chi connectivity index (χ1n) is 9.41. The largest absolute Gasteiger partial charge is 0.494 e. The van der Waals surface area contributed by atoms with E-state index in [-0.39, 0.29) is 11.6 Å². The summed E-state index contributed by atoms with van der Waals surface area (Å²) >= 11 is 11.6. The van der Waals surface area contributed by atoms with E-state index in [4.69, 9.17) is 28.6 Å². The molecule has 0 saturated carbocycles. The van der Waals surface area contributed by atoms with Crippen LogP contribution in [0.3, 0.4) is 0 Å². The first-order chi connectivity index (χ1) is 14.4. The van der Waals surface area contributed by atoms with Gasteiger partial charge in [0, 0.05) is 37.8 Å². The SMILES string of the molecule is CCOc1cccc(C(=O)NC(=S)N2CCN(c3c(Cl)cccc3[N+](=O)[O-])CC2)c1. The van der Waals surface area contributed by atoms with E-state index in [9.17, 15) is 14.9 Å². The van der Waals surface area contributed by atoms with Crippen molar-refractivity contribution in [3.63, 3.8) is 0 Å². The van der Waals surface area contributed by atoms with Crippen molar-refractivity contribution in [1.29, 1.82) is 0 Å². The summed E-state index contributed by atoms with van der Waals surface area (Å²) in [6.45, 7) is 4.36. The number of halogens is 1. The molecule has 8 nitrogen and oxygen atoms in total. The fourth-order valence-electron chi connectivity index (χ4n) is 3.24. The Morgan fingerprint density at radius 3 is 2.60 bits per heavy atom. The zero-order valence-electron chi connectivity index (χ0n) is 16.3. The van der Waals surface area contributed by atoms with Crippen molar-refractivity contribution in [3.8, 4) is 5.75 Å². The molecule has 1 fully saturated rings. The lowest BCUT2D eigenvalue weighted by atomic mass is 10.2. The number of benzene rings is 2. The Kier molecular flexibility index (Phi) is 7.07. The molecule has 1 amide bonds. The fraction of sp³-hybridized carbons (Fsp3) is 0.300. The number of nitro groups is 1. The van der Waals surface area contributed by atoms with Crippen molar-refractivity contribution < 1.29 is 14.5 Å². The summed E-state index contributed by atoms with van der Waals surface area (Å²) < 4.78 is 5.42. The van der Waals surface area contributed by atoms with E-state index in [2.05, 4.69) is 5.32 Å². The molecule has 1 aliphatic rings. The molecule has 0 spiro atoms. The Bertz CT molecular complexity index is 964. The minimum atomic E-state index is -0.436. The molecule has 30 heavy (non-hydrogen) atoms. The lowest BCUT2D eigenvalue weighted by Crippen LogP contribution is -2.52. The summed E-state index contributed by atoms with van der Waals surface area (Å²) in [5.41, 5.74) is 0.834. The van der Waals surface area contributed by atoms with Gasteiger partial charge in [0.05, 0.1) is 16.6 Å². The number of rotatable bonds is 5. The Morgan fingerprint density at radius 2 is 1.93 bits per heavy atom. The number of piperazine rings is 1. The standard InChI is InChI=1S/C20H21ClN4O4S/c1-2-29-15-6-3-5-14(13-15)19(26)22-20(30)24-11-9-23(10-12-24)18-16(21)7-4-8-17(18)25(27)28/h3-8,13H,2,9-12H2,1H3,(H,22,26,30). The average molecular weight is 449 g/mol. The lowest BCUT2D eigenvalue weighted by Gasteiger charge is -2.37. The van der Waals surface area contributed by atoms with Crippen LogP contribution in [0.25, 0.3) is 0 Å². The summed E-state index contributed by atoms with van der Waals surface area (Å²) in [5, 5.41) is 14.7. The van der Waals surface area contributed by atoms with Gasteiger partial charge in [-0.15, -0.1) is 0 Å². The molecule has 1 aliphatic heterocycles. The van der Waals surface area contributed by atoms with E-state index in [0.29, 0.717) is 59.9 Å². The zero-order chi connectivity index (χ0) is 21.7. The van der Waals surface area contributed by atoms with Gasteiger partial charge in [-0.1, -0.05) is 23.7 Å². The first kappa shape index (κ1) is 21.8. The molecule has 2 aromatic carbocycles. The highest BCUT2D eigenvalue weighted by Gasteiger charge is 2.27. The summed E-state index contributed by atoms with van der Waals surface area (Å²) in [7, 11) is 0. The predicted octanol–water partition coefficient (Wildman–Crippen LogP) is 3.48. The summed E-state index contributed by atoms with van der Waals surface area (Å²) in [6.07, 6.45) is 0. The molecule has 1 heterocycles.